The second-order valence-electron chi connectivity index (χ2n) is 6.96. The lowest BCUT2D eigenvalue weighted by Gasteiger charge is -2.17. The van der Waals surface area contributed by atoms with Crippen molar-refractivity contribution in [2.45, 2.75) is 45.7 Å². The number of carbonyl (C=O) groups excluding carboxylic acids is 3. The Morgan fingerprint density at radius 3 is 2.26 bits per heavy atom. The average Bonchev–Trinajstić information content (AvgIpc) is 2.61. The summed E-state index contributed by atoms with van der Waals surface area (Å²) < 4.78 is 0. The smallest absolute Gasteiger partial charge is 0.242 e. The van der Waals surface area contributed by atoms with E-state index in [1.165, 1.54) is 19.1 Å². The van der Waals surface area contributed by atoms with Crippen LogP contribution in [0.4, 0.5) is 0 Å². The first-order valence-electron chi connectivity index (χ1n) is 9.07. The summed E-state index contributed by atoms with van der Waals surface area (Å²) in [5, 5.41) is 17.0. The van der Waals surface area contributed by atoms with Gasteiger partial charge in [0.15, 0.2) is 0 Å². The number of phenolic OH excluding ortho intramolecular Hbond substituents is 1. The van der Waals surface area contributed by atoms with Crippen LogP contribution in [0.2, 0.25) is 0 Å². The van der Waals surface area contributed by atoms with Crippen molar-refractivity contribution in [3.8, 4) is 5.75 Å². The molecule has 3 amide bonds. The van der Waals surface area contributed by atoms with E-state index >= 15 is 0 Å². The molecule has 8 nitrogen and oxygen atoms in total. The molecule has 0 aliphatic heterocycles. The van der Waals surface area contributed by atoms with Crippen LogP contribution in [0, 0.1) is 5.92 Å². The lowest BCUT2D eigenvalue weighted by molar-refractivity contribution is -0.130. The van der Waals surface area contributed by atoms with Gasteiger partial charge in [0, 0.05) is 6.54 Å². The highest BCUT2D eigenvalue weighted by Gasteiger charge is 2.20. The largest absolute Gasteiger partial charge is 0.508 e. The minimum atomic E-state index is -0.830. The van der Waals surface area contributed by atoms with E-state index in [0.29, 0.717) is 12.5 Å². The molecule has 8 heteroatoms. The van der Waals surface area contributed by atoms with E-state index in [4.69, 9.17) is 5.73 Å². The highest BCUT2D eigenvalue weighted by atomic mass is 16.3. The van der Waals surface area contributed by atoms with E-state index in [2.05, 4.69) is 29.8 Å². The third-order valence-corrected chi connectivity index (χ3v) is 3.95. The van der Waals surface area contributed by atoms with Gasteiger partial charge in [0.25, 0.3) is 0 Å². The SMILES string of the molecule is CC(C)CCNC(=O)CNC(=O)[C@@H](C)NC(=O)C(N)Cc1ccc(O)cc1. The number of phenols is 1. The van der Waals surface area contributed by atoms with Gasteiger partial charge in [-0.15, -0.1) is 0 Å². The van der Waals surface area contributed by atoms with Gasteiger partial charge in [-0.2, -0.15) is 0 Å². The first-order valence-corrected chi connectivity index (χ1v) is 9.07. The van der Waals surface area contributed by atoms with E-state index in [-0.39, 0.29) is 24.6 Å². The van der Waals surface area contributed by atoms with Crippen LogP contribution >= 0.6 is 0 Å². The van der Waals surface area contributed by atoms with Gasteiger partial charge in [-0.3, -0.25) is 14.4 Å². The molecule has 6 N–H and O–H groups in total. The summed E-state index contributed by atoms with van der Waals surface area (Å²) in [5.74, 6) is -0.575. The molecule has 0 fully saturated rings. The van der Waals surface area contributed by atoms with E-state index in [9.17, 15) is 19.5 Å². The van der Waals surface area contributed by atoms with E-state index in [1.807, 2.05) is 0 Å². The first kappa shape index (κ1) is 22.4. The Morgan fingerprint density at radius 1 is 1.04 bits per heavy atom. The zero-order valence-electron chi connectivity index (χ0n) is 16.1. The highest BCUT2D eigenvalue weighted by Crippen LogP contribution is 2.10. The van der Waals surface area contributed by atoms with Crippen LogP contribution in [-0.2, 0) is 20.8 Å². The summed E-state index contributed by atoms with van der Waals surface area (Å²) in [4.78, 5) is 35.8. The first-order chi connectivity index (χ1) is 12.7. The Morgan fingerprint density at radius 2 is 1.67 bits per heavy atom. The monoisotopic (exact) mass is 378 g/mol. The third kappa shape index (κ3) is 9.05. The minimum absolute atomic E-state index is 0.135. The fourth-order valence-electron chi connectivity index (χ4n) is 2.25. The van der Waals surface area contributed by atoms with Crippen molar-refractivity contribution in [2.24, 2.45) is 11.7 Å². The molecule has 0 bridgehead atoms. The molecular weight excluding hydrogens is 348 g/mol. The lowest BCUT2D eigenvalue weighted by atomic mass is 10.1. The van der Waals surface area contributed by atoms with Gasteiger partial charge in [-0.25, -0.2) is 0 Å². The number of benzene rings is 1. The summed E-state index contributed by atoms with van der Waals surface area (Å²) in [5.41, 5.74) is 6.66. The van der Waals surface area contributed by atoms with Crippen molar-refractivity contribution in [1.82, 2.24) is 16.0 Å². The number of hydrogen-bond donors (Lipinski definition) is 5. The van der Waals surface area contributed by atoms with Crippen LogP contribution in [0.3, 0.4) is 0 Å². The zero-order valence-corrected chi connectivity index (χ0v) is 16.1. The maximum atomic E-state index is 12.1. The number of nitrogens with two attached hydrogens (primary N) is 1. The zero-order chi connectivity index (χ0) is 20.4. The third-order valence-electron chi connectivity index (χ3n) is 3.95. The maximum Gasteiger partial charge on any atom is 0.242 e. The summed E-state index contributed by atoms with van der Waals surface area (Å²) in [6, 6.07) is 4.74. The number of amides is 3. The second-order valence-corrected chi connectivity index (χ2v) is 6.96. The molecule has 0 aliphatic rings. The van der Waals surface area contributed by atoms with Crippen molar-refractivity contribution in [3.63, 3.8) is 0 Å². The molecule has 1 rings (SSSR count). The lowest BCUT2D eigenvalue weighted by Crippen LogP contribution is -2.52. The van der Waals surface area contributed by atoms with Crippen molar-refractivity contribution in [1.29, 1.82) is 0 Å². The number of hydrogen-bond acceptors (Lipinski definition) is 5. The quantitative estimate of drug-likeness (QED) is 0.392. The van der Waals surface area contributed by atoms with Crippen LogP contribution < -0.4 is 21.7 Å². The number of nitrogens with one attached hydrogen (secondary N) is 3. The number of carbonyl (C=O) groups is 3. The van der Waals surface area contributed by atoms with Crippen LogP contribution in [0.1, 0.15) is 32.8 Å². The van der Waals surface area contributed by atoms with Crippen LogP contribution in [0.15, 0.2) is 24.3 Å². The molecule has 1 unspecified atom stereocenters. The Bertz CT molecular complexity index is 631. The van der Waals surface area contributed by atoms with Gasteiger partial charge in [0.2, 0.25) is 17.7 Å². The molecule has 27 heavy (non-hydrogen) atoms. The molecule has 0 aliphatic carbocycles. The Balaban J connectivity index is 2.34. The van der Waals surface area contributed by atoms with E-state index in [0.717, 1.165) is 12.0 Å². The molecule has 0 heterocycles. The second kappa shape index (κ2) is 11.2. The molecule has 150 valence electrons. The minimum Gasteiger partial charge on any atom is -0.508 e. The molecule has 0 aromatic heterocycles. The summed E-state index contributed by atoms with van der Waals surface area (Å²) in [6.45, 7) is 6.06. The van der Waals surface area contributed by atoms with Gasteiger partial charge in [-0.1, -0.05) is 26.0 Å². The predicted molar refractivity (Wildman–Crippen MR) is 103 cm³/mol. The normalized spacial score (nSPS) is 12.9. The van der Waals surface area contributed by atoms with E-state index < -0.39 is 23.9 Å². The Hall–Kier alpha value is -2.61. The molecule has 0 spiro atoms. The van der Waals surface area contributed by atoms with Crippen LogP contribution in [0.25, 0.3) is 0 Å². The van der Waals surface area contributed by atoms with Gasteiger partial charge < -0.3 is 26.8 Å². The topological polar surface area (TPSA) is 134 Å². The standard InChI is InChI=1S/C19H30N4O4/c1-12(2)8-9-21-17(25)11-22-18(26)13(3)23-19(27)16(20)10-14-4-6-15(24)7-5-14/h4-7,12-13,16,24H,8-11,20H2,1-3H3,(H,21,25)(H,22,26)(H,23,27)/t13-,16?/m1/s1. The average molecular weight is 378 g/mol. The maximum absolute atomic E-state index is 12.1. The van der Waals surface area contributed by atoms with Crippen molar-refractivity contribution >= 4 is 17.7 Å². The molecule has 0 saturated carbocycles. The van der Waals surface area contributed by atoms with Crippen molar-refractivity contribution in [2.75, 3.05) is 13.1 Å². The Labute approximate surface area is 159 Å². The molecule has 1 aromatic rings. The van der Waals surface area contributed by atoms with Crippen molar-refractivity contribution < 1.29 is 19.5 Å². The van der Waals surface area contributed by atoms with Crippen LogP contribution in [-0.4, -0.2) is 48.0 Å². The van der Waals surface area contributed by atoms with Gasteiger partial charge >= 0.3 is 0 Å². The van der Waals surface area contributed by atoms with Gasteiger partial charge in [0.05, 0.1) is 12.6 Å². The molecule has 1 aromatic carbocycles. The Kier molecular flexibility index (Phi) is 9.29. The number of rotatable bonds is 10. The molecule has 0 radical (unpaired) electrons. The fraction of sp³-hybridized carbons (Fsp3) is 0.526. The van der Waals surface area contributed by atoms with Gasteiger partial charge in [-0.05, 0) is 43.4 Å². The van der Waals surface area contributed by atoms with Crippen molar-refractivity contribution in [3.05, 3.63) is 29.8 Å². The summed E-state index contributed by atoms with van der Waals surface area (Å²) in [6.07, 6.45) is 1.14. The van der Waals surface area contributed by atoms with E-state index in [1.54, 1.807) is 12.1 Å². The highest BCUT2D eigenvalue weighted by molar-refractivity contribution is 5.91. The summed E-state index contributed by atoms with van der Waals surface area (Å²) in [7, 11) is 0. The molecule has 2 atom stereocenters. The molecule has 0 saturated heterocycles. The predicted octanol–water partition coefficient (Wildman–Crippen LogP) is 0.0452. The number of aromatic hydroxyl groups is 1. The summed E-state index contributed by atoms with van der Waals surface area (Å²) >= 11 is 0. The van der Waals surface area contributed by atoms with Crippen LogP contribution in [0.5, 0.6) is 5.75 Å². The fourth-order valence-corrected chi connectivity index (χ4v) is 2.25. The molecular formula is C19H30N4O4. The van der Waals surface area contributed by atoms with Gasteiger partial charge in [0.1, 0.15) is 11.8 Å².